The summed E-state index contributed by atoms with van der Waals surface area (Å²) in [6.45, 7) is 5.72. The lowest BCUT2D eigenvalue weighted by Gasteiger charge is -2.39. The van der Waals surface area contributed by atoms with Crippen molar-refractivity contribution in [2.75, 3.05) is 13.2 Å². The maximum atomic E-state index is 13.9. The van der Waals surface area contributed by atoms with E-state index in [0.29, 0.717) is 12.8 Å². The maximum absolute atomic E-state index is 13.9. The third kappa shape index (κ3) is 3.94. The molecular weight excluding hydrogens is 339 g/mol. The lowest BCUT2D eigenvalue weighted by molar-refractivity contribution is -0.211. The van der Waals surface area contributed by atoms with Gasteiger partial charge in [0, 0.05) is 0 Å². The largest absolute Gasteiger partial charge is 0.464 e. The van der Waals surface area contributed by atoms with Crippen LogP contribution in [-0.4, -0.2) is 45.5 Å². The van der Waals surface area contributed by atoms with Gasteiger partial charge in [-0.25, -0.2) is 9.48 Å². The monoisotopic (exact) mass is 363 g/mol. The molecule has 2 atom stereocenters. The second kappa shape index (κ2) is 7.67. The number of esters is 1. The Morgan fingerprint density at radius 1 is 1.40 bits per heavy atom. The number of carbonyl (C=O) groups is 1. The molecular formula is C15H24F3N5O2. The average molecular weight is 363 g/mol. The molecule has 2 unspecified atom stereocenters. The molecule has 1 N–H and O–H groups in total. The van der Waals surface area contributed by atoms with Gasteiger partial charge < -0.3 is 4.74 Å². The van der Waals surface area contributed by atoms with Gasteiger partial charge in [0.1, 0.15) is 0 Å². The zero-order chi connectivity index (χ0) is 18.7. The van der Waals surface area contributed by atoms with Gasteiger partial charge in [-0.3, -0.25) is 5.32 Å². The molecule has 1 aromatic heterocycles. The van der Waals surface area contributed by atoms with E-state index in [4.69, 9.17) is 4.74 Å². The number of tetrazole rings is 1. The van der Waals surface area contributed by atoms with E-state index in [1.54, 1.807) is 6.92 Å². The van der Waals surface area contributed by atoms with E-state index in [1.165, 1.54) is 0 Å². The summed E-state index contributed by atoms with van der Waals surface area (Å²) >= 11 is 0. The van der Waals surface area contributed by atoms with Crippen LogP contribution in [0.25, 0.3) is 0 Å². The number of hydrogen-bond acceptors (Lipinski definition) is 6. The Hall–Kier alpha value is -1.71. The third-order valence-electron chi connectivity index (χ3n) is 4.31. The van der Waals surface area contributed by atoms with E-state index in [9.17, 15) is 18.0 Å². The number of halogens is 3. The Kier molecular flexibility index (Phi) is 6.02. The highest BCUT2D eigenvalue weighted by Gasteiger charge is 2.60. The molecule has 1 saturated heterocycles. The fourth-order valence-corrected chi connectivity index (χ4v) is 3.13. The quantitative estimate of drug-likeness (QED) is 0.782. The van der Waals surface area contributed by atoms with Crippen LogP contribution in [0.3, 0.4) is 0 Å². The van der Waals surface area contributed by atoms with Crippen molar-refractivity contribution in [3.05, 3.63) is 5.82 Å². The SMILES string of the molecule is CCOC(=O)C(CC(C)C)n1nnnc1C1(C(F)(F)F)CCCCN1. The highest BCUT2D eigenvalue weighted by molar-refractivity contribution is 5.74. The first kappa shape index (κ1) is 19.6. The van der Waals surface area contributed by atoms with Crippen molar-refractivity contribution >= 4 is 5.97 Å². The number of aromatic nitrogens is 4. The molecule has 7 nitrogen and oxygen atoms in total. The van der Waals surface area contributed by atoms with Gasteiger partial charge in [-0.15, -0.1) is 5.10 Å². The fourth-order valence-electron chi connectivity index (χ4n) is 3.13. The predicted octanol–water partition coefficient (Wildman–Crippen LogP) is 2.35. The summed E-state index contributed by atoms with van der Waals surface area (Å²) in [7, 11) is 0. The Balaban J connectivity index is 2.49. The molecule has 1 aliphatic heterocycles. The van der Waals surface area contributed by atoms with Crippen molar-refractivity contribution in [2.24, 2.45) is 5.92 Å². The van der Waals surface area contributed by atoms with Crippen molar-refractivity contribution in [3.63, 3.8) is 0 Å². The highest BCUT2D eigenvalue weighted by Crippen LogP contribution is 2.44. The molecule has 1 aliphatic rings. The van der Waals surface area contributed by atoms with Crippen molar-refractivity contribution in [1.29, 1.82) is 0 Å². The number of rotatable bonds is 6. The number of hydrogen-bond donors (Lipinski definition) is 1. The van der Waals surface area contributed by atoms with Crippen LogP contribution in [0.5, 0.6) is 0 Å². The van der Waals surface area contributed by atoms with Crippen LogP contribution < -0.4 is 5.32 Å². The number of alkyl halides is 3. The standard InChI is InChI=1S/C15H24F3N5O2/c1-4-25-12(24)11(9-10(2)3)23-13(20-21-22-23)14(15(16,17)18)7-5-6-8-19-14/h10-11,19H,4-9H2,1-3H3. The molecule has 1 fully saturated rings. The van der Waals surface area contributed by atoms with Gasteiger partial charge in [-0.05, 0) is 55.5 Å². The summed E-state index contributed by atoms with van der Waals surface area (Å²) < 4.78 is 47.8. The molecule has 0 amide bonds. The molecule has 0 spiro atoms. The molecule has 0 saturated carbocycles. The van der Waals surface area contributed by atoms with Crippen LogP contribution in [0.1, 0.15) is 58.3 Å². The third-order valence-corrected chi connectivity index (χ3v) is 4.31. The van der Waals surface area contributed by atoms with Gasteiger partial charge in [0.15, 0.2) is 17.4 Å². The number of nitrogens with zero attached hydrogens (tertiary/aromatic N) is 4. The normalized spacial score (nSPS) is 22.8. The smallest absolute Gasteiger partial charge is 0.413 e. The van der Waals surface area contributed by atoms with Crippen molar-refractivity contribution in [1.82, 2.24) is 25.5 Å². The van der Waals surface area contributed by atoms with E-state index in [-0.39, 0.29) is 37.7 Å². The summed E-state index contributed by atoms with van der Waals surface area (Å²) in [5.41, 5.74) is -2.35. The summed E-state index contributed by atoms with van der Waals surface area (Å²) in [5.74, 6) is -0.955. The Morgan fingerprint density at radius 2 is 2.12 bits per heavy atom. The predicted molar refractivity (Wildman–Crippen MR) is 82.5 cm³/mol. The lowest BCUT2D eigenvalue weighted by Crippen LogP contribution is -2.58. The summed E-state index contributed by atoms with van der Waals surface area (Å²) in [6.07, 6.45) is -3.43. The lowest BCUT2D eigenvalue weighted by atomic mass is 9.87. The Bertz CT molecular complexity index is 582. The molecule has 2 rings (SSSR count). The van der Waals surface area contributed by atoms with Gasteiger partial charge in [0.05, 0.1) is 6.61 Å². The van der Waals surface area contributed by atoms with Gasteiger partial charge in [-0.1, -0.05) is 13.8 Å². The Morgan fingerprint density at radius 3 is 2.64 bits per heavy atom. The van der Waals surface area contributed by atoms with Crippen LogP contribution >= 0.6 is 0 Å². The number of ether oxygens (including phenoxy) is 1. The Labute approximate surface area is 144 Å². The number of carbonyl (C=O) groups excluding carboxylic acids is 1. The van der Waals surface area contributed by atoms with Crippen molar-refractivity contribution < 1.29 is 22.7 Å². The molecule has 0 aromatic carbocycles. The average Bonchev–Trinajstić information content (AvgIpc) is 3.02. The van der Waals surface area contributed by atoms with E-state index in [1.807, 2.05) is 13.8 Å². The topological polar surface area (TPSA) is 81.9 Å². The minimum absolute atomic E-state index is 0.0487. The first-order valence-corrected chi connectivity index (χ1v) is 8.49. The van der Waals surface area contributed by atoms with Gasteiger partial charge in [-0.2, -0.15) is 13.2 Å². The van der Waals surface area contributed by atoms with Crippen LogP contribution in [0, 0.1) is 5.92 Å². The van der Waals surface area contributed by atoms with E-state index < -0.39 is 23.7 Å². The minimum atomic E-state index is -4.59. The van der Waals surface area contributed by atoms with E-state index >= 15 is 0 Å². The van der Waals surface area contributed by atoms with Crippen molar-refractivity contribution in [2.45, 2.75) is 64.2 Å². The van der Waals surface area contributed by atoms with Crippen LogP contribution in [-0.2, 0) is 15.1 Å². The van der Waals surface area contributed by atoms with Gasteiger partial charge in [0.25, 0.3) is 0 Å². The van der Waals surface area contributed by atoms with E-state index in [2.05, 4.69) is 20.8 Å². The summed E-state index contributed by atoms with van der Waals surface area (Å²) in [6, 6.07) is -0.993. The second-order valence-corrected chi connectivity index (χ2v) is 6.63. The maximum Gasteiger partial charge on any atom is 0.413 e. The van der Waals surface area contributed by atoms with Crippen molar-refractivity contribution in [3.8, 4) is 0 Å². The van der Waals surface area contributed by atoms with Crippen LogP contribution in [0.15, 0.2) is 0 Å². The first-order valence-electron chi connectivity index (χ1n) is 8.49. The molecule has 0 bridgehead atoms. The minimum Gasteiger partial charge on any atom is -0.464 e. The van der Waals surface area contributed by atoms with Gasteiger partial charge >= 0.3 is 12.1 Å². The summed E-state index contributed by atoms with van der Waals surface area (Å²) in [4.78, 5) is 12.3. The molecule has 10 heteroatoms. The molecule has 25 heavy (non-hydrogen) atoms. The summed E-state index contributed by atoms with van der Waals surface area (Å²) in [5, 5.41) is 13.4. The first-order chi connectivity index (χ1) is 11.7. The zero-order valence-electron chi connectivity index (χ0n) is 14.6. The van der Waals surface area contributed by atoms with Gasteiger partial charge in [0.2, 0.25) is 0 Å². The molecule has 0 aliphatic carbocycles. The molecule has 0 radical (unpaired) electrons. The molecule has 142 valence electrons. The second-order valence-electron chi connectivity index (χ2n) is 6.63. The van der Waals surface area contributed by atoms with Crippen LogP contribution in [0.4, 0.5) is 13.2 Å². The van der Waals surface area contributed by atoms with E-state index in [0.717, 1.165) is 4.68 Å². The molecule has 1 aromatic rings. The highest BCUT2D eigenvalue weighted by atomic mass is 19.4. The van der Waals surface area contributed by atoms with Crippen LogP contribution in [0.2, 0.25) is 0 Å². The number of nitrogens with one attached hydrogen (secondary N) is 1. The zero-order valence-corrected chi connectivity index (χ0v) is 14.6. The molecule has 2 heterocycles. The number of piperidine rings is 1. The fraction of sp³-hybridized carbons (Fsp3) is 0.867.